The van der Waals surface area contributed by atoms with Gasteiger partial charge in [-0.3, -0.25) is 0 Å². The fourth-order valence-corrected chi connectivity index (χ4v) is 1.71. The lowest BCUT2D eigenvalue weighted by Gasteiger charge is -2.04. The Morgan fingerprint density at radius 1 is 1.12 bits per heavy atom. The van der Waals surface area contributed by atoms with Gasteiger partial charge in [-0.05, 0) is 34.1 Å². The van der Waals surface area contributed by atoms with E-state index in [4.69, 9.17) is 0 Å². The Morgan fingerprint density at radius 3 is 2.38 bits per heavy atom. The molecule has 0 aliphatic heterocycles. The van der Waals surface area contributed by atoms with Crippen LogP contribution >= 0.6 is 15.9 Å². The lowest BCUT2D eigenvalue weighted by Crippen LogP contribution is -2.07. The summed E-state index contributed by atoms with van der Waals surface area (Å²) in [5, 5.41) is 3.47. The minimum absolute atomic E-state index is 0.568. The fourth-order valence-electron chi connectivity index (χ4n) is 1.25. The summed E-state index contributed by atoms with van der Waals surface area (Å²) in [6, 6.07) is 7.87. The van der Waals surface area contributed by atoms with Crippen LogP contribution in [0, 0.1) is 0 Å². The molecule has 0 unspecified atom stereocenters. The molecule has 0 spiro atoms. The van der Waals surface area contributed by atoms with E-state index in [1.165, 1.54) is 10.9 Å². The van der Waals surface area contributed by atoms with E-state index in [9.17, 15) is 13.2 Å². The van der Waals surface area contributed by atoms with Crippen LogP contribution in [0.25, 0.3) is 5.69 Å². The summed E-state index contributed by atoms with van der Waals surface area (Å²) in [6.45, 7) is 0. The Bertz CT molecular complexity index is 505. The molecule has 0 aliphatic carbocycles. The molecule has 84 valence electrons. The Labute approximate surface area is 97.8 Å². The van der Waals surface area contributed by atoms with Gasteiger partial charge in [0.2, 0.25) is 0 Å². The van der Waals surface area contributed by atoms with Crippen LogP contribution in [0.3, 0.4) is 0 Å². The summed E-state index contributed by atoms with van der Waals surface area (Å²) in [5.74, 6) is 0. The van der Waals surface area contributed by atoms with Gasteiger partial charge in [0, 0.05) is 10.7 Å². The molecule has 0 amide bonds. The van der Waals surface area contributed by atoms with Crippen LogP contribution in [0.1, 0.15) is 5.69 Å². The Morgan fingerprint density at radius 2 is 1.81 bits per heavy atom. The van der Waals surface area contributed by atoms with Gasteiger partial charge in [0.1, 0.15) is 0 Å². The van der Waals surface area contributed by atoms with Gasteiger partial charge in [-0.1, -0.05) is 12.1 Å². The van der Waals surface area contributed by atoms with Gasteiger partial charge in [0.05, 0.1) is 5.69 Å². The molecule has 0 saturated carbocycles. The summed E-state index contributed by atoms with van der Waals surface area (Å²) in [4.78, 5) is 0. The molecule has 2 rings (SSSR count). The molecule has 0 saturated heterocycles. The summed E-state index contributed by atoms with van der Waals surface area (Å²) in [5.41, 5.74) is -0.332. The fraction of sp³-hybridized carbons (Fsp3) is 0.100. The molecule has 1 heterocycles. The molecule has 0 bridgehead atoms. The lowest BCUT2D eigenvalue weighted by molar-refractivity contribution is -0.141. The zero-order valence-electron chi connectivity index (χ0n) is 7.87. The second-order valence-electron chi connectivity index (χ2n) is 3.09. The Hall–Kier alpha value is -1.30. The van der Waals surface area contributed by atoms with E-state index in [0.717, 1.165) is 6.07 Å². The highest BCUT2D eigenvalue weighted by atomic mass is 79.9. The molecule has 0 aliphatic rings. The molecule has 16 heavy (non-hydrogen) atoms. The van der Waals surface area contributed by atoms with Gasteiger partial charge >= 0.3 is 6.18 Å². The van der Waals surface area contributed by atoms with Gasteiger partial charge in [0.25, 0.3) is 0 Å². The number of para-hydroxylation sites is 1. The molecular weight excluding hydrogens is 285 g/mol. The smallest absolute Gasteiger partial charge is 0.239 e. The summed E-state index contributed by atoms with van der Waals surface area (Å²) in [7, 11) is 0. The van der Waals surface area contributed by atoms with Crippen LogP contribution < -0.4 is 0 Å². The SMILES string of the molecule is FC(F)(F)c1ccn(-c2ccccc2Br)n1. The highest BCUT2D eigenvalue weighted by Gasteiger charge is 2.33. The van der Waals surface area contributed by atoms with Crippen LogP contribution in [0.15, 0.2) is 41.0 Å². The first-order valence-electron chi connectivity index (χ1n) is 4.36. The molecule has 2 nitrogen and oxygen atoms in total. The standard InChI is InChI=1S/C10H6BrF3N2/c11-7-3-1-2-4-8(7)16-6-5-9(15-16)10(12,13)14/h1-6H. The summed E-state index contributed by atoms with van der Waals surface area (Å²) >= 11 is 3.25. The number of nitrogens with zero attached hydrogens (tertiary/aromatic N) is 2. The number of rotatable bonds is 1. The first kappa shape index (κ1) is 11.2. The highest BCUT2D eigenvalue weighted by Crippen LogP contribution is 2.28. The first-order valence-corrected chi connectivity index (χ1v) is 5.15. The quantitative estimate of drug-likeness (QED) is 0.784. The Kier molecular flexibility index (Phi) is 2.75. The van der Waals surface area contributed by atoms with Gasteiger partial charge < -0.3 is 0 Å². The van der Waals surface area contributed by atoms with Crippen molar-refractivity contribution in [3.05, 3.63) is 46.7 Å². The van der Waals surface area contributed by atoms with Crippen molar-refractivity contribution in [1.82, 2.24) is 9.78 Å². The second kappa shape index (κ2) is 3.93. The normalized spacial score (nSPS) is 11.8. The number of aromatic nitrogens is 2. The maximum absolute atomic E-state index is 12.3. The Balaban J connectivity index is 2.44. The van der Waals surface area contributed by atoms with Gasteiger partial charge in [-0.2, -0.15) is 18.3 Å². The third-order valence-electron chi connectivity index (χ3n) is 1.98. The second-order valence-corrected chi connectivity index (χ2v) is 3.95. The van der Waals surface area contributed by atoms with Crippen molar-refractivity contribution in [2.45, 2.75) is 6.18 Å². The van der Waals surface area contributed by atoms with Crippen molar-refractivity contribution in [2.75, 3.05) is 0 Å². The zero-order valence-corrected chi connectivity index (χ0v) is 9.46. The molecule has 0 fully saturated rings. The summed E-state index contributed by atoms with van der Waals surface area (Å²) in [6.07, 6.45) is -3.13. The molecule has 0 N–H and O–H groups in total. The predicted octanol–water partition coefficient (Wildman–Crippen LogP) is 3.65. The molecule has 0 atom stereocenters. The number of hydrogen-bond acceptors (Lipinski definition) is 1. The van der Waals surface area contributed by atoms with Crippen LogP contribution in [-0.4, -0.2) is 9.78 Å². The molecule has 0 radical (unpaired) electrons. The summed E-state index contributed by atoms with van der Waals surface area (Å²) < 4.78 is 38.9. The zero-order chi connectivity index (χ0) is 11.8. The molecule has 6 heteroatoms. The number of halogens is 4. The van der Waals surface area contributed by atoms with Crippen LogP contribution in [-0.2, 0) is 6.18 Å². The molecule has 1 aromatic heterocycles. The van der Waals surface area contributed by atoms with E-state index in [1.807, 2.05) is 0 Å². The first-order chi connectivity index (χ1) is 7.48. The maximum Gasteiger partial charge on any atom is 0.435 e. The van der Waals surface area contributed by atoms with Crippen molar-refractivity contribution in [3.63, 3.8) is 0 Å². The monoisotopic (exact) mass is 290 g/mol. The van der Waals surface area contributed by atoms with E-state index in [-0.39, 0.29) is 0 Å². The highest BCUT2D eigenvalue weighted by molar-refractivity contribution is 9.10. The van der Waals surface area contributed by atoms with Gasteiger partial charge in [-0.25, -0.2) is 4.68 Å². The van der Waals surface area contributed by atoms with E-state index < -0.39 is 11.9 Å². The van der Waals surface area contributed by atoms with Crippen LogP contribution in [0.4, 0.5) is 13.2 Å². The molecule has 1 aromatic carbocycles. The van der Waals surface area contributed by atoms with Gasteiger partial charge in [-0.15, -0.1) is 0 Å². The van der Waals surface area contributed by atoms with E-state index in [1.54, 1.807) is 24.3 Å². The third-order valence-corrected chi connectivity index (χ3v) is 2.65. The third kappa shape index (κ3) is 2.11. The van der Waals surface area contributed by atoms with Crippen LogP contribution in [0.5, 0.6) is 0 Å². The van der Waals surface area contributed by atoms with Gasteiger partial charge in [0.15, 0.2) is 5.69 Å². The minimum atomic E-state index is -4.41. The van der Waals surface area contributed by atoms with E-state index in [0.29, 0.717) is 10.2 Å². The van der Waals surface area contributed by atoms with Crippen molar-refractivity contribution >= 4 is 15.9 Å². The predicted molar refractivity (Wildman–Crippen MR) is 56.3 cm³/mol. The average molecular weight is 291 g/mol. The molecule has 2 aromatic rings. The number of benzene rings is 1. The largest absolute Gasteiger partial charge is 0.435 e. The van der Waals surface area contributed by atoms with E-state index >= 15 is 0 Å². The maximum atomic E-state index is 12.3. The van der Waals surface area contributed by atoms with Crippen LogP contribution in [0.2, 0.25) is 0 Å². The van der Waals surface area contributed by atoms with E-state index in [2.05, 4.69) is 21.0 Å². The topological polar surface area (TPSA) is 17.8 Å². The van der Waals surface area contributed by atoms with Crippen molar-refractivity contribution < 1.29 is 13.2 Å². The van der Waals surface area contributed by atoms with Crippen molar-refractivity contribution in [1.29, 1.82) is 0 Å². The number of hydrogen-bond donors (Lipinski definition) is 0. The minimum Gasteiger partial charge on any atom is -0.239 e. The van der Waals surface area contributed by atoms with Crippen molar-refractivity contribution in [2.24, 2.45) is 0 Å². The molecular formula is C10H6BrF3N2. The lowest BCUT2D eigenvalue weighted by atomic mass is 10.3. The average Bonchev–Trinajstić information content (AvgIpc) is 2.66. The number of alkyl halides is 3. The van der Waals surface area contributed by atoms with Crippen molar-refractivity contribution in [3.8, 4) is 5.69 Å².